The minimum atomic E-state index is -1.12. The summed E-state index contributed by atoms with van der Waals surface area (Å²) < 4.78 is 4.51. The third-order valence-corrected chi connectivity index (χ3v) is 1.90. The number of hydrogen-bond acceptors (Lipinski definition) is 4. The van der Waals surface area contributed by atoms with Gasteiger partial charge in [0.25, 0.3) is 5.91 Å². The molecule has 1 amide bonds. The second kappa shape index (κ2) is 4.41. The molecular formula is C9H10N2O4. The van der Waals surface area contributed by atoms with Crippen LogP contribution in [0, 0.1) is 0 Å². The molecule has 0 aromatic carbocycles. The van der Waals surface area contributed by atoms with Crippen LogP contribution in [-0.4, -0.2) is 22.1 Å². The SMILES string of the molecule is CC(C(=O)O)=C(C)C(=O)Nc1ccon1. The normalized spacial score (nSPS) is 11.9. The second-order valence-corrected chi connectivity index (χ2v) is 2.89. The van der Waals surface area contributed by atoms with E-state index in [4.69, 9.17) is 5.11 Å². The van der Waals surface area contributed by atoms with Gasteiger partial charge in [0, 0.05) is 17.2 Å². The summed E-state index contributed by atoms with van der Waals surface area (Å²) in [5, 5.41) is 14.5. The molecule has 1 aromatic heterocycles. The van der Waals surface area contributed by atoms with Gasteiger partial charge >= 0.3 is 5.97 Å². The van der Waals surface area contributed by atoms with E-state index in [9.17, 15) is 9.59 Å². The molecule has 0 bridgehead atoms. The highest BCUT2D eigenvalue weighted by molar-refractivity contribution is 6.07. The van der Waals surface area contributed by atoms with Gasteiger partial charge in [-0.2, -0.15) is 0 Å². The van der Waals surface area contributed by atoms with Crippen LogP contribution in [0.3, 0.4) is 0 Å². The van der Waals surface area contributed by atoms with Crippen molar-refractivity contribution in [2.75, 3.05) is 5.32 Å². The van der Waals surface area contributed by atoms with E-state index in [2.05, 4.69) is 15.0 Å². The predicted octanol–water partition coefficient (Wildman–Crippen LogP) is 1.03. The van der Waals surface area contributed by atoms with E-state index < -0.39 is 11.9 Å². The number of carboxylic acid groups (broad SMARTS) is 1. The number of amides is 1. The van der Waals surface area contributed by atoms with Crippen molar-refractivity contribution in [1.82, 2.24) is 5.16 Å². The highest BCUT2D eigenvalue weighted by atomic mass is 16.5. The first-order valence-electron chi connectivity index (χ1n) is 4.15. The van der Waals surface area contributed by atoms with Gasteiger partial charge in [0.1, 0.15) is 6.26 Å². The quantitative estimate of drug-likeness (QED) is 0.727. The number of hydrogen-bond donors (Lipinski definition) is 2. The fraction of sp³-hybridized carbons (Fsp3) is 0.222. The summed E-state index contributed by atoms with van der Waals surface area (Å²) in [7, 11) is 0. The lowest BCUT2D eigenvalue weighted by Crippen LogP contribution is -2.16. The summed E-state index contributed by atoms with van der Waals surface area (Å²) in [6, 6.07) is 1.46. The Balaban J connectivity index is 2.78. The van der Waals surface area contributed by atoms with Crippen molar-refractivity contribution in [3.63, 3.8) is 0 Å². The molecule has 15 heavy (non-hydrogen) atoms. The average Bonchev–Trinajstić information content (AvgIpc) is 2.67. The lowest BCUT2D eigenvalue weighted by atomic mass is 10.1. The van der Waals surface area contributed by atoms with Crippen molar-refractivity contribution in [3.05, 3.63) is 23.5 Å². The summed E-state index contributed by atoms with van der Waals surface area (Å²) in [5.41, 5.74) is 0.126. The van der Waals surface area contributed by atoms with E-state index in [-0.39, 0.29) is 17.0 Å². The molecule has 0 aliphatic carbocycles. The van der Waals surface area contributed by atoms with Crippen LogP contribution in [0.2, 0.25) is 0 Å². The molecule has 1 heterocycles. The fourth-order valence-corrected chi connectivity index (χ4v) is 0.818. The van der Waals surface area contributed by atoms with Gasteiger partial charge in [0.05, 0.1) is 0 Å². The molecule has 0 spiro atoms. The lowest BCUT2D eigenvalue weighted by molar-refractivity contribution is -0.133. The Bertz CT molecular complexity index is 406. The van der Waals surface area contributed by atoms with E-state index in [1.807, 2.05) is 0 Å². The van der Waals surface area contributed by atoms with Crippen LogP contribution in [0.4, 0.5) is 5.82 Å². The van der Waals surface area contributed by atoms with E-state index >= 15 is 0 Å². The number of carboxylic acids is 1. The van der Waals surface area contributed by atoms with Crippen LogP contribution in [0.1, 0.15) is 13.8 Å². The van der Waals surface area contributed by atoms with Crippen molar-refractivity contribution in [3.8, 4) is 0 Å². The van der Waals surface area contributed by atoms with E-state index in [0.717, 1.165) is 0 Å². The number of carbonyl (C=O) groups excluding carboxylic acids is 1. The summed E-state index contributed by atoms with van der Waals surface area (Å²) in [5.74, 6) is -1.39. The summed E-state index contributed by atoms with van der Waals surface area (Å²) >= 11 is 0. The molecule has 0 fully saturated rings. The maximum Gasteiger partial charge on any atom is 0.331 e. The third kappa shape index (κ3) is 2.67. The number of nitrogens with one attached hydrogen (secondary N) is 1. The molecule has 1 aromatic rings. The second-order valence-electron chi connectivity index (χ2n) is 2.89. The number of rotatable bonds is 3. The van der Waals surface area contributed by atoms with Crippen LogP contribution < -0.4 is 5.32 Å². The third-order valence-electron chi connectivity index (χ3n) is 1.90. The number of anilines is 1. The standard InChI is InChI=1S/C9H10N2O4/c1-5(6(2)9(13)14)8(12)10-7-3-4-15-11-7/h3-4H,1-2H3,(H,13,14)(H,10,11,12). The summed E-state index contributed by atoms with van der Waals surface area (Å²) in [6.45, 7) is 2.79. The Morgan fingerprint density at radius 1 is 1.40 bits per heavy atom. The first-order chi connectivity index (χ1) is 7.02. The number of aliphatic carboxylic acids is 1. The van der Waals surface area contributed by atoms with Crippen molar-refractivity contribution in [2.24, 2.45) is 0 Å². The lowest BCUT2D eigenvalue weighted by Gasteiger charge is -2.03. The molecule has 2 N–H and O–H groups in total. The van der Waals surface area contributed by atoms with Crippen LogP contribution in [-0.2, 0) is 9.59 Å². The molecule has 80 valence electrons. The number of aromatic nitrogens is 1. The zero-order chi connectivity index (χ0) is 11.4. The maximum atomic E-state index is 11.4. The number of carbonyl (C=O) groups is 2. The van der Waals surface area contributed by atoms with Crippen molar-refractivity contribution < 1.29 is 19.2 Å². The smallest absolute Gasteiger partial charge is 0.331 e. The maximum absolute atomic E-state index is 11.4. The average molecular weight is 210 g/mol. The molecule has 6 heteroatoms. The van der Waals surface area contributed by atoms with Crippen LogP contribution in [0.15, 0.2) is 28.0 Å². The minimum absolute atomic E-state index is 0.00371. The van der Waals surface area contributed by atoms with E-state index in [0.29, 0.717) is 0 Å². The van der Waals surface area contributed by atoms with Gasteiger partial charge in [-0.05, 0) is 13.8 Å². The first kappa shape index (κ1) is 11.0. The molecule has 0 unspecified atom stereocenters. The van der Waals surface area contributed by atoms with Crippen LogP contribution in [0.5, 0.6) is 0 Å². The summed E-state index contributed by atoms with van der Waals surface area (Å²) in [6.07, 6.45) is 1.30. The van der Waals surface area contributed by atoms with Gasteiger partial charge in [0.15, 0.2) is 5.82 Å². The Labute approximate surface area is 85.6 Å². The monoisotopic (exact) mass is 210 g/mol. The van der Waals surface area contributed by atoms with Gasteiger partial charge in [0.2, 0.25) is 0 Å². The fourth-order valence-electron chi connectivity index (χ4n) is 0.818. The molecule has 0 radical (unpaired) electrons. The molecule has 0 aliphatic rings. The first-order valence-corrected chi connectivity index (χ1v) is 4.15. The van der Waals surface area contributed by atoms with Gasteiger partial charge in [-0.15, -0.1) is 0 Å². The largest absolute Gasteiger partial charge is 0.478 e. The van der Waals surface area contributed by atoms with Gasteiger partial charge in [-0.1, -0.05) is 5.16 Å². The zero-order valence-electron chi connectivity index (χ0n) is 8.27. The number of nitrogens with zero attached hydrogens (tertiary/aromatic N) is 1. The highest BCUT2D eigenvalue weighted by Gasteiger charge is 2.13. The van der Waals surface area contributed by atoms with Crippen molar-refractivity contribution >= 4 is 17.7 Å². The molecule has 1 rings (SSSR count). The minimum Gasteiger partial charge on any atom is -0.478 e. The molecule has 0 atom stereocenters. The Morgan fingerprint density at radius 2 is 2.07 bits per heavy atom. The van der Waals surface area contributed by atoms with Gasteiger partial charge in [-0.3, -0.25) is 4.79 Å². The zero-order valence-corrected chi connectivity index (χ0v) is 8.27. The van der Waals surface area contributed by atoms with E-state index in [1.165, 1.54) is 26.2 Å². The van der Waals surface area contributed by atoms with E-state index in [1.54, 1.807) is 0 Å². The van der Waals surface area contributed by atoms with Crippen LogP contribution in [0.25, 0.3) is 0 Å². The highest BCUT2D eigenvalue weighted by Crippen LogP contribution is 2.08. The van der Waals surface area contributed by atoms with Gasteiger partial charge in [-0.25, -0.2) is 4.79 Å². The molecule has 0 saturated carbocycles. The van der Waals surface area contributed by atoms with Crippen molar-refractivity contribution in [2.45, 2.75) is 13.8 Å². The summed E-state index contributed by atoms with van der Waals surface area (Å²) in [4.78, 5) is 22.0. The molecule has 0 saturated heterocycles. The molecule has 0 aliphatic heterocycles. The Kier molecular flexibility index (Phi) is 3.22. The molecule has 6 nitrogen and oxygen atoms in total. The van der Waals surface area contributed by atoms with Crippen LogP contribution >= 0.6 is 0 Å². The predicted molar refractivity (Wildman–Crippen MR) is 51.1 cm³/mol. The molecular weight excluding hydrogens is 200 g/mol. The Morgan fingerprint density at radius 3 is 2.53 bits per heavy atom. The topological polar surface area (TPSA) is 92.4 Å². The van der Waals surface area contributed by atoms with Gasteiger partial charge < -0.3 is 14.9 Å². The Hall–Kier alpha value is -2.11. The van der Waals surface area contributed by atoms with Crippen molar-refractivity contribution in [1.29, 1.82) is 0 Å².